The molecular formula is C49H32O. The lowest BCUT2D eigenvalue weighted by Gasteiger charge is -2.38. The molecule has 1 heteroatoms. The number of hydrogen-bond donors (Lipinski definition) is 0. The molecule has 1 aliphatic heterocycles. The molecule has 11 rings (SSSR count). The lowest BCUT2D eigenvalue weighted by molar-refractivity contribution is 0.427. The van der Waals surface area contributed by atoms with Crippen LogP contribution in [0, 0.1) is 0 Å². The van der Waals surface area contributed by atoms with E-state index in [0.717, 1.165) is 17.1 Å². The van der Waals surface area contributed by atoms with Gasteiger partial charge in [-0.15, -0.1) is 0 Å². The van der Waals surface area contributed by atoms with Crippen LogP contribution in [-0.4, -0.2) is 0 Å². The molecule has 1 spiro atoms. The Morgan fingerprint density at radius 3 is 1.80 bits per heavy atom. The molecule has 1 heterocycles. The van der Waals surface area contributed by atoms with Gasteiger partial charge in [-0.3, -0.25) is 0 Å². The number of benzene rings is 8. The quantitative estimate of drug-likeness (QED) is 0.183. The molecule has 8 aromatic carbocycles. The van der Waals surface area contributed by atoms with E-state index in [-0.39, 0.29) is 5.41 Å². The van der Waals surface area contributed by atoms with Crippen LogP contribution in [0.2, 0.25) is 0 Å². The molecule has 8 aromatic rings. The Hall–Kier alpha value is -6.18. The first-order valence-corrected chi connectivity index (χ1v) is 17.5. The Balaban J connectivity index is 1.16. The molecule has 0 saturated carbocycles. The molecule has 0 N–H and O–H groups in total. The summed E-state index contributed by atoms with van der Waals surface area (Å²) in [5.74, 6) is 1.83. The van der Waals surface area contributed by atoms with Crippen LogP contribution in [0.3, 0.4) is 0 Å². The van der Waals surface area contributed by atoms with Crippen LogP contribution < -0.4 is 4.74 Å². The maximum absolute atomic E-state index is 6.73. The summed E-state index contributed by atoms with van der Waals surface area (Å²) in [7, 11) is 0. The number of fused-ring (bicyclic) bond motifs is 14. The number of rotatable bonds is 2. The predicted molar refractivity (Wildman–Crippen MR) is 204 cm³/mol. The summed E-state index contributed by atoms with van der Waals surface area (Å²) in [4.78, 5) is 0. The van der Waals surface area contributed by atoms with Gasteiger partial charge < -0.3 is 4.74 Å². The smallest absolute Gasteiger partial charge is 0.132 e. The minimum Gasteiger partial charge on any atom is -0.457 e. The summed E-state index contributed by atoms with van der Waals surface area (Å²) in [5.41, 5.74) is 15.9. The first kappa shape index (κ1) is 27.7. The normalized spacial score (nSPS) is 18.8. The van der Waals surface area contributed by atoms with Crippen molar-refractivity contribution in [2.24, 2.45) is 0 Å². The summed E-state index contributed by atoms with van der Waals surface area (Å²) in [6.07, 6.45) is 0. The molecule has 2 unspecified atom stereocenters. The Morgan fingerprint density at radius 2 is 0.980 bits per heavy atom. The van der Waals surface area contributed by atoms with Gasteiger partial charge in [0, 0.05) is 16.5 Å². The van der Waals surface area contributed by atoms with E-state index >= 15 is 0 Å². The summed E-state index contributed by atoms with van der Waals surface area (Å²) in [6.45, 7) is 2.33. The molecule has 3 aliphatic rings. The van der Waals surface area contributed by atoms with Crippen LogP contribution in [0.25, 0.3) is 44.2 Å². The van der Waals surface area contributed by atoms with E-state index in [0.29, 0.717) is 0 Å². The monoisotopic (exact) mass is 636 g/mol. The van der Waals surface area contributed by atoms with Crippen LogP contribution in [0.5, 0.6) is 11.5 Å². The van der Waals surface area contributed by atoms with E-state index in [1.54, 1.807) is 0 Å². The third-order valence-corrected chi connectivity index (χ3v) is 11.8. The third kappa shape index (κ3) is 3.42. The van der Waals surface area contributed by atoms with Crippen molar-refractivity contribution in [1.29, 1.82) is 0 Å². The molecule has 234 valence electrons. The second kappa shape index (κ2) is 9.94. The highest BCUT2D eigenvalue weighted by Crippen LogP contribution is 2.64. The third-order valence-electron chi connectivity index (χ3n) is 11.8. The molecular weight excluding hydrogens is 605 g/mol. The summed E-state index contributed by atoms with van der Waals surface area (Å²) in [5, 5.41) is 2.59. The van der Waals surface area contributed by atoms with Gasteiger partial charge in [0.1, 0.15) is 11.5 Å². The molecule has 1 nitrogen and oxygen atoms in total. The molecule has 0 radical (unpaired) electrons. The van der Waals surface area contributed by atoms with Gasteiger partial charge in [-0.25, -0.2) is 0 Å². The highest BCUT2D eigenvalue weighted by molar-refractivity contribution is 6.04. The number of ether oxygens (including phenoxy) is 1. The van der Waals surface area contributed by atoms with Crippen LogP contribution in [0.4, 0.5) is 0 Å². The van der Waals surface area contributed by atoms with E-state index < -0.39 is 5.41 Å². The highest BCUT2D eigenvalue weighted by atomic mass is 16.5. The van der Waals surface area contributed by atoms with E-state index in [1.165, 1.54) is 77.5 Å². The van der Waals surface area contributed by atoms with Gasteiger partial charge in [0.2, 0.25) is 0 Å². The molecule has 2 aliphatic carbocycles. The number of hydrogen-bond acceptors (Lipinski definition) is 1. The summed E-state index contributed by atoms with van der Waals surface area (Å²) < 4.78 is 6.73. The van der Waals surface area contributed by atoms with Crippen LogP contribution >= 0.6 is 0 Å². The van der Waals surface area contributed by atoms with Gasteiger partial charge in [0.15, 0.2) is 0 Å². The maximum Gasteiger partial charge on any atom is 0.132 e. The minimum absolute atomic E-state index is 0.341. The topological polar surface area (TPSA) is 9.23 Å². The fourth-order valence-electron chi connectivity index (χ4n) is 9.61. The van der Waals surface area contributed by atoms with Gasteiger partial charge in [0.25, 0.3) is 0 Å². The van der Waals surface area contributed by atoms with Crippen LogP contribution in [0.15, 0.2) is 176 Å². The largest absolute Gasteiger partial charge is 0.457 e. The van der Waals surface area contributed by atoms with E-state index in [2.05, 4.69) is 183 Å². The SMILES string of the molecule is CC1(c2ccccc2)c2ccccc2Oc2cc(-c3ccc4c(c3)C3(c5ccccc5-4)c4ccccc4-c4ccc5ccccc5c43)ccc21. The second-order valence-corrected chi connectivity index (χ2v) is 14.1. The van der Waals surface area contributed by atoms with Crippen molar-refractivity contribution >= 4 is 10.8 Å². The van der Waals surface area contributed by atoms with Crippen molar-refractivity contribution in [3.8, 4) is 44.9 Å². The molecule has 2 atom stereocenters. The van der Waals surface area contributed by atoms with Gasteiger partial charge in [-0.2, -0.15) is 0 Å². The zero-order valence-corrected chi connectivity index (χ0v) is 27.7. The van der Waals surface area contributed by atoms with Gasteiger partial charge >= 0.3 is 0 Å². The first-order chi connectivity index (χ1) is 24.7. The fraction of sp³-hybridized carbons (Fsp3) is 0.0612. The summed E-state index contributed by atoms with van der Waals surface area (Å²) >= 11 is 0. The Labute approximate surface area is 292 Å². The number of para-hydroxylation sites is 1. The Morgan fingerprint density at radius 1 is 0.400 bits per heavy atom. The average molecular weight is 637 g/mol. The average Bonchev–Trinajstić information content (AvgIpc) is 3.65. The van der Waals surface area contributed by atoms with Crippen molar-refractivity contribution in [3.63, 3.8) is 0 Å². The zero-order valence-electron chi connectivity index (χ0n) is 27.7. The van der Waals surface area contributed by atoms with E-state index in [1.807, 2.05) is 0 Å². The van der Waals surface area contributed by atoms with Crippen molar-refractivity contribution in [2.75, 3.05) is 0 Å². The fourth-order valence-corrected chi connectivity index (χ4v) is 9.61. The summed E-state index contributed by atoms with van der Waals surface area (Å²) in [6, 6.07) is 64.9. The Kier molecular flexibility index (Phi) is 5.51. The molecule has 0 bridgehead atoms. The lowest BCUT2D eigenvalue weighted by atomic mass is 9.68. The molecule has 0 amide bonds. The Bertz CT molecular complexity index is 2690. The van der Waals surface area contributed by atoms with E-state index in [9.17, 15) is 0 Å². The molecule has 0 aromatic heterocycles. The van der Waals surface area contributed by atoms with Crippen molar-refractivity contribution in [3.05, 3.63) is 215 Å². The van der Waals surface area contributed by atoms with Crippen molar-refractivity contribution in [1.82, 2.24) is 0 Å². The molecule has 50 heavy (non-hydrogen) atoms. The maximum atomic E-state index is 6.73. The van der Waals surface area contributed by atoms with Gasteiger partial charge in [0.05, 0.1) is 5.41 Å². The van der Waals surface area contributed by atoms with Crippen LogP contribution in [0.1, 0.15) is 45.9 Å². The highest BCUT2D eigenvalue weighted by Gasteiger charge is 2.52. The first-order valence-electron chi connectivity index (χ1n) is 17.5. The zero-order chi connectivity index (χ0) is 33.0. The van der Waals surface area contributed by atoms with Gasteiger partial charge in [-0.05, 0) is 97.1 Å². The standard InChI is InChI=1S/C49H32O/c1-48(34-14-3-2-4-15-34)42-21-11-12-22-45(42)50-46-30-33(25-28-43(46)48)32-24-26-38-36-17-7-9-19-40(36)49(44(38)29-32)41-20-10-8-18-37(41)39-27-23-31-13-5-6-16-35(31)47(39)49/h2-30H,1H3. The van der Waals surface area contributed by atoms with Crippen LogP contribution in [-0.2, 0) is 10.8 Å². The molecule has 0 saturated heterocycles. The van der Waals surface area contributed by atoms with E-state index in [4.69, 9.17) is 4.74 Å². The predicted octanol–water partition coefficient (Wildman–Crippen LogP) is 12.3. The minimum atomic E-state index is -0.426. The van der Waals surface area contributed by atoms with Crippen molar-refractivity contribution < 1.29 is 4.74 Å². The lowest BCUT2D eigenvalue weighted by Crippen LogP contribution is -2.29. The second-order valence-electron chi connectivity index (χ2n) is 14.1. The molecule has 0 fully saturated rings. The van der Waals surface area contributed by atoms with Gasteiger partial charge in [-0.1, -0.05) is 158 Å². The van der Waals surface area contributed by atoms with Crippen molar-refractivity contribution in [2.45, 2.75) is 17.8 Å².